The van der Waals surface area contributed by atoms with Gasteiger partial charge in [0.05, 0.1) is 31.9 Å². The Morgan fingerprint density at radius 1 is 1.27 bits per heavy atom. The van der Waals surface area contributed by atoms with Gasteiger partial charge in [-0.15, -0.1) is 0 Å². The third-order valence-corrected chi connectivity index (χ3v) is 7.32. The summed E-state index contributed by atoms with van der Waals surface area (Å²) in [4.78, 5) is 15.6. The third kappa shape index (κ3) is 4.50. The summed E-state index contributed by atoms with van der Waals surface area (Å²) >= 11 is 6.02. The highest BCUT2D eigenvalue weighted by molar-refractivity contribution is 7.91. The number of aryl methyl sites for hydroxylation is 2. The Balaban J connectivity index is 1.50. The number of amides is 1. The molecule has 6 nitrogen and oxygen atoms in total. The fourth-order valence-corrected chi connectivity index (χ4v) is 6.07. The van der Waals surface area contributed by atoms with E-state index in [1.54, 1.807) is 0 Å². The van der Waals surface area contributed by atoms with Crippen LogP contribution in [0.2, 0.25) is 5.02 Å². The highest BCUT2D eigenvalue weighted by atomic mass is 35.5. The smallest absolute Gasteiger partial charge is 0.260 e. The molecule has 1 aromatic carbocycles. The first-order chi connectivity index (χ1) is 12.2. The van der Waals surface area contributed by atoms with Gasteiger partial charge in [-0.05, 0) is 37.1 Å². The van der Waals surface area contributed by atoms with Gasteiger partial charge in [-0.2, -0.15) is 0 Å². The van der Waals surface area contributed by atoms with Crippen molar-refractivity contribution in [3.05, 3.63) is 28.3 Å². The molecule has 3 rings (SSSR count). The number of quaternary nitrogens is 1. The Morgan fingerprint density at radius 3 is 2.42 bits per heavy atom. The van der Waals surface area contributed by atoms with Crippen molar-refractivity contribution in [2.45, 2.75) is 26.3 Å². The standard InChI is InChI=1S/C18H25ClN2O4S/c1-13-9-15(19)10-14(2)18(13)25-11-17(22)21-6-4-20(5-7-21)16-3-8-26(23,24)12-16/h9-10,16H,3-8,11-12H2,1-2H3/p+1/t16-/m1/s1. The fourth-order valence-electron chi connectivity index (χ4n) is 3.92. The second-order valence-electron chi connectivity index (χ2n) is 7.30. The minimum absolute atomic E-state index is 0.0104. The van der Waals surface area contributed by atoms with Crippen molar-refractivity contribution in [2.75, 3.05) is 44.3 Å². The summed E-state index contributed by atoms with van der Waals surface area (Å²) in [5.41, 5.74) is 1.83. The van der Waals surface area contributed by atoms with Gasteiger partial charge in [0.15, 0.2) is 16.4 Å². The zero-order valence-electron chi connectivity index (χ0n) is 15.3. The molecule has 2 saturated heterocycles. The van der Waals surface area contributed by atoms with Gasteiger partial charge in [-0.3, -0.25) is 4.79 Å². The molecule has 0 bridgehead atoms. The van der Waals surface area contributed by atoms with Crippen molar-refractivity contribution in [3.63, 3.8) is 0 Å². The average Bonchev–Trinajstić information content (AvgIpc) is 2.94. The first-order valence-corrected chi connectivity index (χ1v) is 11.2. The normalized spacial score (nSPS) is 23.2. The summed E-state index contributed by atoms with van der Waals surface area (Å²) in [5, 5.41) is 0.659. The third-order valence-electron chi connectivity index (χ3n) is 5.33. The molecule has 8 heteroatoms. The molecular weight excluding hydrogens is 376 g/mol. The summed E-state index contributed by atoms with van der Waals surface area (Å²) in [6.07, 6.45) is 0.740. The van der Waals surface area contributed by atoms with E-state index in [0.717, 1.165) is 30.6 Å². The maximum absolute atomic E-state index is 12.5. The molecule has 2 heterocycles. The van der Waals surface area contributed by atoms with Crippen LogP contribution in [0.15, 0.2) is 12.1 Å². The van der Waals surface area contributed by atoms with Crippen molar-refractivity contribution in [2.24, 2.45) is 0 Å². The van der Waals surface area contributed by atoms with E-state index >= 15 is 0 Å². The molecule has 0 saturated carbocycles. The summed E-state index contributed by atoms with van der Waals surface area (Å²) in [5.74, 6) is 1.27. The lowest BCUT2D eigenvalue weighted by molar-refractivity contribution is -0.925. The van der Waals surface area contributed by atoms with E-state index in [2.05, 4.69) is 0 Å². The van der Waals surface area contributed by atoms with E-state index in [4.69, 9.17) is 16.3 Å². The van der Waals surface area contributed by atoms with Gasteiger partial charge in [0.25, 0.3) is 5.91 Å². The molecule has 0 radical (unpaired) electrons. The number of nitrogens with zero attached hydrogens (tertiary/aromatic N) is 1. The number of carbonyl (C=O) groups excluding carboxylic acids is 1. The second-order valence-corrected chi connectivity index (χ2v) is 9.96. The number of rotatable bonds is 4. The first kappa shape index (κ1) is 19.5. The van der Waals surface area contributed by atoms with Gasteiger partial charge in [0.1, 0.15) is 17.5 Å². The monoisotopic (exact) mass is 401 g/mol. The fraction of sp³-hybridized carbons (Fsp3) is 0.611. The first-order valence-electron chi connectivity index (χ1n) is 8.97. The Kier molecular flexibility index (Phi) is 5.79. The number of sulfone groups is 1. The van der Waals surface area contributed by atoms with Crippen molar-refractivity contribution in [1.82, 2.24) is 4.90 Å². The molecule has 144 valence electrons. The zero-order valence-corrected chi connectivity index (χ0v) is 16.8. The summed E-state index contributed by atoms with van der Waals surface area (Å²) in [6.45, 7) is 6.72. The Labute approximate surface area is 160 Å². The lowest BCUT2D eigenvalue weighted by Crippen LogP contribution is -3.18. The number of ether oxygens (including phenoxy) is 1. The van der Waals surface area contributed by atoms with Crippen molar-refractivity contribution >= 4 is 27.3 Å². The minimum atomic E-state index is -2.86. The van der Waals surface area contributed by atoms with E-state index in [0.29, 0.717) is 29.6 Å². The Bertz CT molecular complexity index is 765. The molecule has 0 unspecified atom stereocenters. The minimum Gasteiger partial charge on any atom is -0.483 e. The maximum atomic E-state index is 12.5. The van der Waals surface area contributed by atoms with E-state index in [1.807, 2.05) is 30.9 Å². The Hall–Kier alpha value is -1.31. The molecule has 26 heavy (non-hydrogen) atoms. The average molecular weight is 402 g/mol. The van der Waals surface area contributed by atoms with Gasteiger partial charge < -0.3 is 14.5 Å². The van der Waals surface area contributed by atoms with Crippen LogP contribution in [0.5, 0.6) is 5.75 Å². The predicted molar refractivity (Wildman–Crippen MR) is 101 cm³/mol. The van der Waals surface area contributed by atoms with Crippen LogP contribution in [-0.4, -0.2) is 69.6 Å². The van der Waals surface area contributed by atoms with Crippen molar-refractivity contribution < 1.29 is 22.8 Å². The molecule has 2 fully saturated rings. The van der Waals surface area contributed by atoms with Crippen LogP contribution < -0.4 is 9.64 Å². The van der Waals surface area contributed by atoms with Crippen LogP contribution in [0.4, 0.5) is 0 Å². The molecule has 1 atom stereocenters. The SMILES string of the molecule is Cc1cc(Cl)cc(C)c1OCC(=O)N1CC[NH+]([C@@H]2CCS(=O)(=O)C2)CC1. The number of hydrogen-bond donors (Lipinski definition) is 1. The lowest BCUT2D eigenvalue weighted by atomic mass is 10.1. The van der Waals surface area contributed by atoms with Gasteiger partial charge in [0.2, 0.25) is 0 Å². The van der Waals surface area contributed by atoms with E-state index in [-0.39, 0.29) is 24.3 Å². The molecule has 0 aromatic heterocycles. The molecule has 1 N–H and O–H groups in total. The summed E-state index contributed by atoms with van der Waals surface area (Å²) < 4.78 is 29.1. The summed E-state index contributed by atoms with van der Waals surface area (Å²) in [6, 6.07) is 3.84. The van der Waals surface area contributed by atoms with Gasteiger partial charge >= 0.3 is 0 Å². The van der Waals surface area contributed by atoms with E-state index < -0.39 is 9.84 Å². The summed E-state index contributed by atoms with van der Waals surface area (Å²) in [7, 11) is -2.86. The van der Waals surface area contributed by atoms with E-state index in [9.17, 15) is 13.2 Å². The van der Waals surface area contributed by atoms with Crippen LogP contribution >= 0.6 is 11.6 Å². The molecule has 0 spiro atoms. The molecule has 1 amide bonds. The van der Waals surface area contributed by atoms with E-state index in [1.165, 1.54) is 4.90 Å². The van der Waals surface area contributed by atoms with Crippen molar-refractivity contribution in [1.29, 1.82) is 0 Å². The van der Waals surface area contributed by atoms with Crippen molar-refractivity contribution in [3.8, 4) is 5.75 Å². The molecule has 2 aliphatic heterocycles. The number of nitrogens with one attached hydrogen (secondary N) is 1. The topological polar surface area (TPSA) is 68.1 Å². The van der Waals surface area contributed by atoms with Crippen LogP contribution in [-0.2, 0) is 14.6 Å². The van der Waals surface area contributed by atoms with Crippen LogP contribution in [0.25, 0.3) is 0 Å². The molecule has 2 aliphatic rings. The molecule has 1 aromatic rings. The van der Waals surface area contributed by atoms with Gasteiger partial charge in [-0.25, -0.2) is 8.42 Å². The number of hydrogen-bond acceptors (Lipinski definition) is 4. The number of piperazine rings is 1. The number of carbonyl (C=O) groups is 1. The zero-order chi connectivity index (χ0) is 18.9. The lowest BCUT2D eigenvalue weighted by Gasteiger charge is -2.35. The highest BCUT2D eigenvalue weighted by Crippen LogP contribution is 2.27. The highest BCUT2D eigenvalue weighted by Gasteiger charge is 2.37. The van der Waals surface area contributed by atoms with Crippen LogP contribution in [0.1, 0.15) is 17.5 Å². The van der Waals surface area contributed by atoms with Crippen LogP contribution in [0, 0.1) is 13.8 Å². The number of benzene rings is 1. The Morgan fingerprint density at radius 2 is 1.88 bits per heavy atom. The quantitative estimate of drug-likeness (QED) is 0.785. The molecular formula is C18H26ClN2O4S+. The van der Waals surface area contributed by atoms with Gasteiger partial charge in [0, 0.05) is 11.4 Å². The predicted octanol–water partition coefficient (Wildman–Crippen LogP) is 0.250. The molecule has 0 aliphatic carbocycles. The maximum Gasteiger partial charge on any atom is 0.260 e. The number of halogens is 1. The van der Waals surface area contributed by atoms with Crippen LogP contribution in [0.3, 0.4) is 0 Å². The second kappa shape index (κ2) is 7.74. The van der Waals surface area contributed by atoms with Gasteiger partial charge in [-0.1, -0.05) is 11.6 Å². The largest absolute Gasteiger partial charge is 0.483 e.